The quantitative estimate of drug-likeness (QED) is 0.761. The molecular formula is C11H11FN2O3. The maximum Gasteiger partial charge on any atom is 0.311 e. The lowest BCUT2D eigenvalue weighted by atomic mass is 10.1. The monoisotopic (exact) mass is 238 g/mol. The van der Waals surface area contributed by atoms with Crippen LogP contribution in [0, 0.1) is 11.4 Å². The molecule has 0 saturated heterocycles. The summed E-state index contributed by atoms with van der Waals surface area (Å²) < 4.78 is 12.8. The van der Waals surface area contributed by atoms with Crippen LogP contribution in [0.2, 0.25) is 0 Å². The third kappa shape index (κ3) is 2.41. The number of rotatable bonds is 4. The molecule has 0 radical (unpaired) electrons. The van der Waals surface area contributed by atoms with Crippen molar-refractivity contribution in [1.29, 1.82) is 0 Å². The fourth-order valence-electron chi connectivity index (χ4n) is 1.49. The van der Waals surface area contributed by atoms with Crippen molar-refractivity contribution in [2.24, 2.45) is 5.41 Å². The Kier molecular flexibility index (Phi) is 2.79. The summed E-state index contributed by atoms with van der Waals surface area (Å²) >= 11 is 0. The molecule has 0 atom stereocenters. The van der Waals surface area contributed by atoms with Crippen LogP contribution in [-0.4, -0.2) is 28.5 Å². The van der Waals surface area contributed by atoms with Crippen LogP contribution < -0.4 is 5.32 Å². The Bertz CT molecular complexity index is 472. The summed E-state index contributed by atoms with van der Waals surface area (Å²) in [7, 11) is 0. The molecule has 5 nitrogen and oxygen atoms in total. The number of aromatic nitrogens is 1. The van der Waals surface area contributed by atoms with E-state index < -0.39 is 23.2 Å². The zero-order chi connectivity index (χ0) is 12.5. The molecule has 0 spiro atoms. The van der Waals surface area contributed by atoms with E-state index in [1.54, 1.807) is 0 Å². The molecule has 0 aliphatic heterocycles. The fourth-order valence-corrected chi connectivity index (χ4v) is 1.49. The van der Waals surface area contributed by atoms with Crippen molar-refractivity contribution >= 4 is 11.9 Å². The minimum Gasteiger partial charge on any atom is -0.481 e. The van der Waals surface area contributed by atoms with Gasteiger partial charge in [0.2, 0.25) is 5.95 Å². The number of hydrogen-bond donors (Lipinski definition) is 2. The number of pyridine rings is 1. The molecule has 90 valence electrons. The van der Waals surface area contributed by atoms with E-state index in [2.05, 4.69) is 10.3 Å². The third-order valence-corrected chi connectivity index (χ3v) is 2.84. The summed E-state index contributed by atoms with van der Waals surface area (Å²) in [5.41, 5.74) is -0.880. The van der Waals surface area contributed by atoms with Crippen molar-refractivity contribution in [2.75, 3.05) is 6.54 Å². The average Bonchev–Trinajstić information content (AvgIpc) is 3.07. The number of carboxylic acids is 1. The summed E-state index contributed by atoms with van der Waals surface area (Å²) in [4.78, 5) is 25.8. The predicted molar refractivity (Wildman–Crippen MR) is 55.8 cm³/mol. The highest BCUT2D eigenvalue weighted by Crippen LogP contribution is 2.45. The molecule has 1 saturated carbocycles. The maximum absolute atomic E-state index is 12.8. The van der Waals surface area contributed by atoms with Crippen molar-refractivity contribution in [3.05, 3.63) is 29.8 Å². The van der Waals surface area contributed by atoms with Crippen LogP contribution in [-0.2, 0) is 4.79 Å². The summed E-state index contributed by atoms with van der Waals surface area (Å²) in [5.74, 6) is -2.21. The molecule has 1 aromatic rings. The first-order valence-electron chi connectivity index (χ1n) is 5.18. The standard InChI is InChI=1S/C11H11FN2O3/c12-8-3-1-2-7(14-8)9(15)13-6-11(4-5-11)10(16)17/h1-3H,4-6H2,(H,13,15)(H,16,17). The Labute approximate surface area is 96.7 Å². The summed E-state index contributed by atoms with van der Waals surface area (Å²) in [6.45, 7) is 0.0549. The van der Waals surface area contributed by atoms with Gasteiger partial charge in [-0.25, -0.2) is 4.98 Å². The lowest BCUT2D eigenvalue weighted by Gasteiger charge is -2.10. The highest BCUT2D eigenvalue weighted by Gasteiger charge is 2.50. The van der Waals surface area contributed by atoms with E-state index in [0.29, 0.717) is 12.8 Å². The number of aliphatic carboxylic acids is 1. The zero-order valence-corrected chi connectivity index (χ0v) is 8.94. The Hall–Kier alpha value is -1.98. The van der Waals surface area contributed by atoms with E-state index in [9.17, 15) is 14.0 Å². The Balaban J connectivity index is 1.96. The van der Waals surface area contributed by atoms with Gasteiger partial charge in [0, 0.05) is 6.54 Å². The Morgan fingerprint density at radius 1 is 1.47 bits per heavy atom. The van der Waals surface area contributed by atoms with Crippen LogP contribution in [0.5, 0.6) is 0 Å². The topological polar surface area (TPSA) is 79.3 Å². The van der Waals surface area contributed by atoms with E-state index in [-0.39, 0.29) is 12.2 Å². The first-order chi connectivity index (χ1) is 8.03. The minimum atomic E-state index is -0.912. The molecular weight excluding hydrogens is 227 g/mol. The number of nitrogens with one attached hydrogen (secondary N) is 1. The van der Waals surface area contributed by atoms with Crippen molar-refractivity contribution in [2.45, 2.75) is 12.8 Å². The SMILES string of the molecule is O=C(NCC1(C(=O)O)CC1)c1cccc(F)n1. The van der Waals surface area contributed by atoms with E-state index in [1.165, 1.54) is 12.1 Å². The van der Waals surface area contributed by atoms with Gasteiger partial charge in [0.15, 0.2) is 0 Å². The lowest BCUT2D eigenvalue weighted by Crippen LogP contribution is -2.34. The van der Waals surface area contributed by atoms with Gasteiger partial charge in [-0.1, -0.05) is 6.07 Å². The van der Waals surface area contributed by atoms with Gasteiger partial charge in [-0.15, -0.1) is 0 Å². The van der Waals surface area contributed by atoms with Crippen LogP contribution in [0.15, 0.2) is 18.2 Å². The second kappa shape index (κ2) is 4.12. The van der Waals surface area contributed by atoms with Crippen LogP contribution >= 0.6 is 0 Å². The number of carbonyl (C=O) groups excluding carboxylic acids is 1. The largest absolute Gasteiger partial charge is 0.481 e. The molecule has 1 fully saturated rings. The Morgan fingerprint density at radius 3 is 2.71 bits per heavy atom. The first-order valence-corrected chi connectivity index (χ1v) is 5.18. The van der Waals surface area contributed by atoms with Crippen LogP contribution in [0.4, 0.5) is 4.39 Å². The van der Waals surface area contributed by atoms with E-state index in [1.807, 2.05) is 0 Å². The third-order valence-electron chi connectivity index (χ3n) is 2.84. The van der Waals surface area contributed by atoms with Gasteiger partial charge in [-0.3, -0.25) is 9.59 Å². The summed E-state index contributed by atoms with van der Waals surface area (Å²) in [5, 5.41) is 11.4. The molecule has 6 heteroatoms. The molecule has 1 aliphatic carbocycles. The Morgan fingerprint density at radius 2 is 2.18 bits per heavy atom. The zero-order valence-electron chi connectivity index (χ0n) is 8.94. The van der Waals surface area contributed by atoms with E-state index >= 15 is 0 Å². The molecule has 1 aliphatic rings. The van der Waals surface area contributed by atoms with Crippen molar-refractivity contribution < 1.29 is 19.1 Å². The molecule has 2 N–H and O–H groups in total. The molecule has 0 bridgehead atoms. The van der Waals surface area contributed by atoms with Gasteiger partial charge < -0.3 is 10.4 Å². The van der Waals surface area contributed by atoms with Gasteiger partial charge in [0.1, 0.15) is 5.69 Å². The number of hydrogen-bond acceptors (Lipinski definition) is 3. The smallest absolute Gasteiger partial charge is 0.311 e. The van der Waals surface area contributed by atoms with Gasteiger partial charge >= 0.3 is 5.97 Å². The minimum absolute atomic E-state index is 0.0498. The lowest BCUT2D eigenvalue weighted by molar-refractivity contribution is -0.143. The highest BCUT2D eigenvalue weighted by atomic mass is 19.1. The van der Waals surface area contributed by atoms with Crippen molar-refractivity contribution in [3.63, 3.8) is 0 Å². The highest BCUT2D eigenvalue weighted by molar-refractivity contribution is 5.92. The van der Waals surface area contributed by atoms with Gasteiger partial charge in [0.05, 0.1) is 5.41 Å². The number of nitrogens with zero attached hydrogens (tertiary/aromatic N) is 1. The fraction of sp³-hybridized carbons (Fsp3) is 0.364. The molecule has 1 amide bonds. The number of carboxylic acid groups (broad SMARTS) is 1. The summed E-state index contributed by atoms with van der Waals surface area (Å²) in [6.07, 6.45) is 1.11. The first kappa shape index (κ1) is 11.5. The van der Waals surface area contributed by atoms with Gasteiger partial charge in [-0.05, 0) is 25.0 Å². The normalized spacial score (nSPS) is 16.3. The molecule has 0 unspecified atom stereocenters. The van der Waals surface area contributed by atoms with Crippen molar-refractivity contribution in [3.8, 4) is 0 Å². The number of amides is 1. The summed E-state index contributed by atoms with van der Waals surface area (Å²) in [6, 6.07) is 3.89. The van der Waals surface area contributed by atoms with E-state index in [0.717, 1.165) is 6.07 Å². The molecule has 1 aromatic heterocycles. The number of halogens is 1. The van der Waals surface area contributed by atoms with Gasteiger partial charge in [-0.2, -0.15) is 4.39 Å². The molecule has 17 heavy (non-hydrogen) atoms. The van der Waals surface area contributed by atoms with Crippen LogP contribution in [0.1, 0.15) is 23.3 Å². The van der Waals surface area contributed by atoms with Crippen molar-refractivity contribution in [1.82, 2.24) is 10.3 Å². The van der Waals surface area contributed by atoms with Gasteiger partial charge in [0.25, 0.3) is 5.91 Å². The predicted octanol–water partition coefficient (Wildman–Crippen LogP) is 0.815. The average molecular weight is 238 g/mol. The maximum atomic E-state index is 12.8. The van der Waals surface area contributed by atoms with E-state index in [4.69, 9.17) is 5.11 Å². The molecule has 2 rings (SSSR count). The van der Waals surface area contributed by atoms with Crippen LogP contribution in [0.3, 0.4) is 0 Å². The molecule has 1 heterocycles. The second-order valence-corrected chi connectivity index (χ2v) is 4.11. The number of carbonyl (C=O) groups is 2. The second-order valence-electron chi connectivity index (χ2n) is 4.11. The molecule has 0 aromatic carbocycles. The van der Waals surface area contributed by atoms with Crippen LogP contribution in [0.25, 0.3) is 0 Å².